The number of nitrogens with one attached hydrogen (secondary N) is 1. The van der Waals surface area contributed by atoms with Crippen molar-refractivity contribution in [1.82, 2.24) is 10.2 Å². The molecule has 0 saturated carbocycles. The summed E-state index contributed by atoms with van der Waals surface area (Å²) in [7, 11) is 0. The van der Waals surface area contributed by atoms with Gasteiger partial charge < -0.3 is 25.8 Å². The van der Waals surface area contributed by atoms with Crippen molar-refractivity contribution in [3.05, 3.63) is 29.3 Å². The maximum absolute atomic E-state index is 11.4. The van der Waals surface area contributed by atoms with Crippen LogP contribution >= 0.6 is 0 Å². The first kappa shape index (κ1) is 19.2. The van der Waals surface area contributed by atoms with E-state index in [9.17, 15) is 9.59 Å². The molecule has 1 atom stereocenters. The highest BCUT2D eigenvalue weighted by Crippen LogP contribution is 2.28. The van der Waals surface area contributed by atoms with Crippen LogP contribution in [0.5, 0.6) is 5.75 Å². The molecule has 1 aromatic rings. The SMILES string of the molecule is CC(=O)N1CCC(COc2ccc3c(c2)C(C(N)=NC(=O)O)NCC3)CC1. The fourth-order valence-corrected chi connectivity index (χ4v) is 3.69. The molecule has 1 unspecified atom stereocenters. The number of piperidine rings is 1. The van der Waals surface area contributed by atoms with Crippen molar-refractivity contribution >= 4 is 17.8 Å². The van der Waals surface area contributed by atoms with Crippen LogP contribution in [0.3, 0.4) is 0 Å². The van der Waals surface area contributed by atoms with Gasteiger partial charge in [0.05, 0.1) is 12.6 Å². The highest BCUT2D eigenvalue weighted by atomic mass is 16.5. The summed E-state index contributed by atoms with van der Waals surface area (Å²) in [6.07, 6.45) is 1.42. The molecule has 2 aliphatic rings. The van der Waals surface area contributed by atoms with Crippen molar-refractivity contribution in [2.45, 2.75) is 32.2 Å². The van der Waals surface area contributed by atoms with Gasteiger partial charge in [0.15, 0.2) is 0 Å². The number of amides is 2. The van der Waals surface area contributed by atoms with Crippen LogP contribution in [0, 0.1) is 5.92 Å². The predicted octanol–water partition coefficient (Wildman–Crippen LogP) is 1.55. The summed E-state index contributed by atoms with van der Waals surface area (Å²) in [5.74, 6) is 1.32. The van der Waals surface area contributed by atoms with Gasteiger partial charge in [-0.2, -0.15) is 4.99 Å². The molecule has 0 radical (unpaired) electrons. The normalized spacial score (nSPS) is 20.9. The van der Waals surface area contributed by atoms with Crippen LogP contribution in [0.2, 0.25) is 0 Å². The third-order valence-electron chi connectivity index (χ3n) is 5.24. The average Bonchev–Trinajstić information content (AvgIpc) is 2.65. The molecule has 2 heterocycles. The van der Waals surface area contributed by atoms with E-state index < -0.39 is 12.1 Å². The third kappa shape index (κ3) is 4.77. The van der Waals surface area contributed by atoms with E-state index in [1.165, 1.54) is 0 Å². The standard InChI is InChI=1S/C19H26N4O4/c1-12(24)23-8-5-13(6-9-23)11-27-15-3-2-14-4-7-21-17(16(14)10-15)18(20)22-19(25)26/h2-3,10,13,17,21H,4-9,11H2,1H3,(H2,20,22)(H,25,26). The summed E-state index contributed by atoms with van der Waals surface area (Å²) < 4.78 is 5.99. The van der Waals surface area contributed by atoms with Crippen molar-refractivity contribution < 1.29 is 19.4 Å². The van der Waals surface area contributed by atoms with Crippen LogP contribution in [0.25, 0.3) is 0 Å². The van der Waals surface area contributed by atoms with Gasteiger partial charge >= 0.3 is 6.09 Å². The van der Waals surface area contributed by atoms with Crippen LogP contribution in [-0.4, -0.2) is 54.1 Å². The zero-order chi connectivity index (χ0) is 19.4. The number of ether oxygens (including phenoxy) is 1. The number of amidine groups is 1. The molecule has 146 valence electrons. The second-order valence-corrected chi connectivity index (χ2v) is 7.08. The number of nitrogens with two attached hydrogens (primary N) is 1. The number of carbonyl (C=O) groups is 2. The number of likely N-dealkylation sites (tertiary alicyclic amines) is 1. The van der Waals surface area contributed by atoms with Gasteiger partial charge in [-0.25, -0.2) is 4.79 Å². The Morgan fingerprint density at radius 2 is 2.11 bits per heavy atom. The highest BCUT2D eigenvalue weighted by molar-refractivity contribution is 5.94. The maximum atomic E-state index is 11.4. The van der Waals surface area contributed by atoms with E-state index in [1.807, 2.05) is 23.1 Å². The molecule has 0 aromatic heterocycles. The molecule has 0 aliphatic carbocycles. The Morgan fingerprint density at radius 3 is 2.78 bits per heavy atom. The van der Waals surface area contributed by atoms with Crippen molar-refractivity contribution in [3.8, 4) is 5.75 Å². The lowest BCUT2D eigenvalue weighted by Gasteiger charge is -2.31. The zero-order valence-corrected chi connectivity index (χ0v) is 15.5. The summed E-state index contributed by atoms with van der Waals surface area (Å²) in [6.45, 7) is 4.47. The fourth-order valence-electron chi connectivity index (χ4n) is 3.69. The van der Waals surface area contributed by atoms with Crippen LogP contribution in [0.15, 0.2) is 23.2 Å². The molecule has 8 nitrogen and oxygen atoms in total. The highest BCUT2D eigenvalue weighted by Gasteiger charge is 2.25. The molecule has 8 heteroatoms. The Morgan fingerprint density at radius 1 is 1.37 bits per heavy atom. The number of fused-ring (bicyclic) bond motifs is 1. The second-order valence-electron chi connectivity index (χ2n) is 7.08. The van der Waals surface area contributed by atoms with Gasteiger partial charge in [-0.05, 0) is 48.4 Å². The van der Waals surface area contributed by atoms with Crippen molar-refractivity contribution in [3.63, 3.8) is 0 Å². The minimum atomic E-state index is -1.30. The van der Waals surface area contributed by atoms with Crippen molar-refractivity contribution in [2.75, 3.05) is 26.2 Å². The Balaban J connectivity index is 1.65. The number of carboxylic acid groups (broad SMARTS) is 1. The van der Waals surface area contributed by atoms with Gasteiger partial charge in [0.1, 0.15) is 11.6 Å². The Labute approximate surface area is 158 Å². The molecular weight excluding hydrogens is 348 g/mol. The first-order valence-corrected chi connectivity index (χ1v) is 9.25. The molecule has 4 N–H and O–H groups in total. The van der Waals surface area contributed by atoms with E-state index in [2.05, 4.69) is 10.3 Å². The number of hydrogen-bond donors (Lipinski definition) is 3. The Hall–Kier alpha value is -2.61. The molecule has 2 amide bonds. The van der Waals surface area contributed by atoms with Crippen molar-refractivity contribution in [1.29, 1.82) is 0 Å². The lowest BCUT2D eigenvalue weighted by molar-refractivity contribution is -0.130. The second kappa shape index (κ2) is 8.39. The molecule has 27 heavy (non-hydrogen) atoms. The van der Waals surface area contributed by atoms with E-state index in [4.69, 9.17) is 15.6 Å². The minimum Gasteiger partial charge on any atom is -0.493 e. The van der Waals surface area contributed by atoms with Crippen LogP contribution in [-0.2, 0) is 11.2 Å². The molecule has 1 saturated heterocycles. The van der Waals surface area contributed by atoms with Crippen molar-refractivity contribution in [2.24, 2.45) is 16.6 Å². The minimum absolute atomic E-state index is 0.0391. The predicted molar refractivity (Wildman–Crippen MR) is 101 cm³/mol. The van der Waals surface area contributed by atoms with E-state index in [0.717, 1.165) is 49.2 Å². The van der Waals surface area contributed by atoms with Crippen LogP contribution in [0.1, 0.15) is 36.9 Å². The van der Waals surface area contributed by atoms with Gasteiger partial charge in [-0.15, -0.1) is 0 Å². The molecule has 2 aliphatic heterocycles. The third-order valence-corrected chi connectivity index (χ3v) is 5.24. The van der Waals surface area contributed by atoms with Gasteiger partial charge in [0, 0.05) is 26.6 Å². The number of benzene rings is 1. The van der Waals surface area contributed by atoms with Gasteiger partial charge in [-0.3, -0.25) is 4.79 Å². The molecule has 3 rings (SSSR count). The largest absolute Gasteiger partial charge is 0.493 e. The number of carbonyl (C=O) groups excluding carboxylic acids is 1. The Bertz CT molecular complexity index is 741. The molecule has 0 spiro atoms. The van der Waals surface area contributed by atoms with E-state index >= 15 is 0 Å². The average molecular weight is 374 g/mol. The van der Waals surface area contributed by atoms with Gasteiger partial charge in [0.2, 0.25) is 5.91 Å². The number of aliphatic imine (C=N–C) groups is 1. The van der Waals surface area contributed by atoms with E-state index in [-0.39, 0.29) is 11.7 Å². The summed E-state index contributed by atoms with van der Waals surface area (Å²) in [4.78, 5) is 27.6. The van der Waals surface area contributed by atoms with Gasteiger partial charge in [0.25, 0.3) is 0 Å². The number of nitrogens with zero attached hydrogens (tertiary/aromatic N) is 2. The molecular formula is C19H26N4O4. The molecule has 0 bridgehead atoms. The monoisotopic (exact) mass is 374 g/mol. The Kier molecular flexibility index (Phi) is 5.95. The summed E-state index contributed by atoms with van der Waals surface area (Å²) in [6, 6.07) is 5.44. The maximum Gasteiger partial charge on any atom is 0.432 e. The lowest BCUT2D eigenvalue weighted by Crippen LogP contribution is -2.39. The van der Waals surface area contributed by atoms with Crippen LogP contribution < -0.4 is 15.8 Å². The molecule has 1 fully saturated rings. The fraction of sp³-hybridized carbons (Fsp3) is 0.526. The summed E-state index contributed by atoms with van der Waals surface area (Å²) in [5, 5.41) is 12.1. The van der Waals surface area contributed by atoms with Gasteiger partial charge in [-0.1, -0.05) is 6.07 Å². The summed E-state index contributed by atoms with van der Waals surface area (Å²) >= 11 is 0. The topological polar surface area (TPSA) is 117 Å². The van der Waals surface area contributed by atoms with Crippen LogP contribution in [0.4, 0.5) is 4.79 Å². The number of rotatable bonds is 4. The quantitative estimate of drug-likeness (QED) is 0.544. The number of hydrogen-bond acceptors (Lipinski definition) is 4. The first-order chi connectivity index (χ1) is 12.9. The van der Waals surface area contributed by atoms with E-state index in [1.54, 1.807) is 6.92 Å². The lowest BCUT2D eigenvalue weighted by atomic mass is 9.93. The van der Waals surface area contributed by atoms with E-state index in [0.29, 0.717) is 19.1 Å². The smallest absolute Gasteiger partial charge is 0.432 e. The zero-order valence-electron chi connectivity index (χ0n) is 15.5. The first-order valence-electron chi connectivity index (χ1n) is 9.25. The summed E-state index contributed by atoms with van der Waals surface area (Å²) in [5.41, 5.74) is 7.90. The molecule has 1 aromatic carbocycles.